The zero-order valence-corrected chi connectivity index (χ0v) is 16.8. The van der Waals surface area contributed by atoms with Gasteiger partial charge in [0, 0.05) is 24.6 Å². The zero-order chi connectivity index (χ0) is 20.0. The van der Waals surface area contributed by atoms with Gasteiger partial charge in [-0.25, -0.2) is 4.98 Å². The van der Waals surface area contributed by atoms with Crippen LogP contribution in [-0.2, 0) is 11.3 Å². The Bertz CT molecular complexity index is 858. The van der Waals surface area contributed by atoms with E-state index < -0.39 is 0 Å². The highest BCUT2D eigenvalue weighted by atomic mass is 16.5. The summed E-state index contributed by atoms with van der Waals surface area (Å²) in [5.41, 5.74) is 0.184. The number of fused-ring (bicyclic) bond motifs is 1. The minimum Gasteiger partial charge on any atom is -0.493 e. The van der Waals surface area contributed by atoms with Gasteiger partial charge in [-0.3, -0.25) is 14.2 Å². The number of rotatable bonds is 9. The van der Waals surface area contributed by atoms with Crippen LogP contribution in [0.4, 0.5) is 0 Å². The number of nitrogens with zero attached hydrogens (tertiary/aromatic N) is 2. The van der Waals surface area contributed by atoms with E-state index in [1.54, 1.807) is 12.1 Å². The topological polar surface area (TPSA) is 82.5 Å². The highest BCUT2D eigenvalue weighted by molar-refractivity contribution is 5.81. The molecule has 1 heterocycles. The third kappa shape index (κ3) is 5.21. The summed E-state index contributed by atoms with van der Waals surface area (Å²) in [5.74, 6) is 1.02. The molecule has 1 N–H and O–H groups in total. The van der Waals surface area contributed by atoms with Gasteiger partial charge in [0.25, 0.3) is 5.56 Å². The van der Waals surface area contributed by atoms with Crippen LogP contribution >= 0.6 is 0 Å². The Balaban J connectivity index is 2.08. The number of aryl methyl sites for hydroxylation is 1. The minimum absolute atomic E-state index is 0.00153. The van der Waals surface area contributed by atoms with E-state index in [0.717, 1.165) is 12.8 Å². The standard InChI is InChI=1S/C20H29N3O4/c1-6-9-20(2,3)22-18(24)8-7-10-23-13-21-15-12-17(27-5)16(26-4)11-14(15)19(23)25/h11-13H,6-10H2,1-5H3,(H,22,24). The predicted octanol–water partition coefficient (Wildman–Crippen LogP) is 2.89. The van der Waals surface area contributed by atoms with E-state index in [4.69, 9.17) is 9.47 Å². The fourth-order valence-corrected chi connectivity index (χ4v) is 3.18. The monoisotopic (exact) mass is 375 g/mol. The van der Waals surface area contributed by atoms with Crippen molar-refractivity contribution in [3.63, 3.8) is 0 Å². The summed E-state index contributed by atoms with van der Waals surface area (Å²) in [4.78, 5) is 29.2. The van der Waals surface area contributed by atoms with E-state index in [2.05, 4.69) is 17.2 Å². The number of nitrogens with one attached hydrogen (secondary N) is 1. The molecule has 2 rings (SSSR count). The molecule has 0 atom stereocenters. The third-order valence-corrected chi connectivity index (χ3v) is 4.49. The van der Waals surface area contributed by atoms with Gasteiger partial charge >= 0.3 is 0 Å². The lowest BCUT2D eigenvalue weighted by atomic mass is 9.98. The van der Waals surface area contributed by atoms with Gasteiger partial charge < -0.3 is 14.8 Å². The van der Waals surface area contributed by atoms with Crippen molar-refractivity contribution in [3.8, 4) is 11.5 Å². The first-order valence-electron chi connectivity index (χ1n) is 9.23. The second-order valence-electron chi connectivity index (χ2n) is 7.25. The van der Waals surface area contributed by atoms with Crippen LogP contribution in [0.5, 0.6) is 11.5 Å². The van der Waals surface area contributed by atoms with Gasteiger partial charge in [0.2, 0.25) is 5.91 Å². The maximum Gasteiger partial charge on any atom is 0.261 e. The molecule has 7 heteroatoms. The first kappa shape index (κ1) is 20.7. The van der Waals surface area contributed by atoms with Crippen molar-refractivity contribution in [2.24, 2.45) is 0 Å². The van der Waals surface area contributed by atoms with Crippen LogP contribution in [0.1, 0.15) is 46.5 Å². The van der Waals surface area contributed by atoms with Crippen molar-refractivity contribution in [2.45, 2.75) is 58.5 Å². The molecule has 0 bridgehead atoms. The molecule has 1 aromatic carbocycles. The lowest BCUT2D eigenvalue weighted by Gasteiger charge is -2.25. The van der Waals surface area contributed by atoms with Crippen LogP contribution in [-0.4, -0.2) is 35.2 Å². The molecular formula is C20H29N3O4. The van der Waals surface area contributed by atoms with E-state index >= 15 is 0 Å². The normalized spacial score (nSPS) is 11.4. The van der Waals surface area contributed by atoms with Crippen LogP contribution < -0.4 is 20.3 Å². The summed E-state index contributed by atoms with van der Waals surface area (Å²) in [5, 5.41) is 3.50. The Morgan fingerprint density at radius 3 is 2.52 bits per heavy atom. The first-order chi connectivity index (χ1) is 12.8. The summed E-state index contributed by atoms with van der Waals surface area (Å²) in [6.45, 7) is 6.57. The fraction of sp³-hybridized carbons (Fsp3) is 0.550. The Morgan fingerprint density at radius 1 is 1.22 bits per heavy atom. The molecule has 0 saturated heterocycles. The average molecular weight is 375 g/mol. The number of aromatic nitrogens is 2. The molecule has 27 heavy (non-hydrogen) atoms. The predicted molar refractivity (Wildman–Crippen MR) is 105 cm³/mol. The fourth-order valence-electron chi connectivity index (χ4n) is 3.18. The Morgan fingerprint density at radius 2 is 1.89 bits per heavy atom. The number of hydrogen-bond acceptors (Lipinski definition) is 5. The van der Waals surface area contributed by atoms with E-state index in [1.165, 1.54) is 25.1 Å². The SMILES string of the molecule is CCCC(C)(C)NC(=O)CCCn1cnc2cc(OC)c(OC)cc2c1=O. The van der Waals surface area contributed by atoms with Gasteiger partial charge in [-0.05, 0) is 32.8 Å². The summed E-state index contributed by atoms with van der Waals surface area (Å²) >= 11 is 0. The maximum absolute atomic E-state index is 12.7. The lowest BCUT2D eigenvalue weighted by molar-refractivity contribution is -0.122. The molecule has 7 nitrogen and oxygen atoms in total. The highest BCUT2D eigenvalue weighted by Crippen LogP contribution is 2.29. The van der Waals surface area contributed by atoms with Crippen molar-refractivity contribution in [3.05, 3.63) is 28.8 Å². The number of benzene rings is 1. The van der Waals surface area contributed by atoms with E-state index in [9.17, 15) is 9.59 Å². The molecule has 0 radical (unpaired) electrons. The number of carbonyl (C=O) groups is 1. The van der Waals surface area contributed by atoms with Gasteiger partial charge in [-0.2, -0.15) is 0 Å². The van der Waals surface area contributed by atoms with Crippen LogP contribution in [0.25, 0.3) is 10.9 Å². The quantitative estimate of drug-likeness (QED) is 0.729. The summed E-state index contributed by atoms with van der Waals surface area (Å²) in [7, 11) is 3.06. The van der Waals surface area contributed by atoms with Crippen LogP contribution in [0.3, 0.4) is 0 Å². The molecule has 1 aromatic heterocycles. The Labute approximate surface area is 159 Å². The molecule has 0 fully saturated rings. The van der Waals surface area contributed by atoms with Crippen molar-refractivity contribution in [1.82, 2.24) is 14.9 Å². The molecule has 0 spiro atoms. The van der Waals surface area contributed by atoms with Gasteiger partial charge in [-0.1, -0.05) is 13.3 Å². The number of carbonyl (C=O) groups excluding carboxylic acids is 1. The molecule has 0 aliphatic rings. The Kier molecular flexibility index (Phi) is 6.82. The minimum atomic E-state index is -0.206. The molecule has 0 unspecified atom stereocenters. The summed E-state index contributed by atoms with van der Waals surface area (Å²) in [6.07, 6.45) is 4.38. The van der Waals surface area contributed by atoms with E-state index in [1.807, 2.05) is 13.8 Å². The Hall–Kier alpha value is -2.57. The number of ether oxygens (including phenoxy) is 2. The number of methoxy groups -OCH3 is 2. The van der Waals surface area contributed by atoms with E-state index in [-0.39, 0.29) is 17.0 Å². The molecule has 0 aliphatic heterocycles. The van der Waals surface area contributed by atoms with Crippen molar-refractivity contribution >= 4 is 16.8 Å². The average Bonchev–Trinajstić information content (AvgIpc) is 2.62. The van der Waals surface area contributed by atoms with Gasteiger partial charge in [0.15, 0.2) is 11.5 Å². The van der Waals surface area contributed by atoms with Crippen molar-refractivity contribution in [2.75, 3.05) is 14.2 Å². The second kappa shape index (κ2) is 8.88. The zero-order valence-electron chi connectivity index (χ0n) is 16.8. The third-order valence-electron chi connectivity index (χ3n) is 4.49. The molecule has 0 aliphatic carbocycles. The molecule has 2 aromatic rings. The smallest absolute Gasteiger partial charge is 0.261 e. The van der Waals surface area contributed by atoms with Gasteiger partial charge in [0.1, 0.15) is 0 Å². The van der Waals surface area contributed by atoms with Crippen LogP contribution in [0.15, 0.2) is 23.3 Å². The largest absolute Gasteiger partial charge is 0.493 e. The maximum atomic E-state index is 12.7. The van der Waals surface area contributed by atoms with Gasteiger partial charge in [0.05, 0.1) is 31.4 Å². The van der Waals surface area contributed by atoms with Gasteiger partial charge in [-0.15, -0.1) is 0 Å². The summed E-state index contributed by atoms with van der Waals surface area (Å²) in [6, 6.07) is 3.32. The molecular weight excluding hydrogens is 346 g/mol. The molecule has 148 valence electrons. The van der Waals surface area contributed by atoms with Crippen LogP contribution in [0.2, 0.25) is 0 Å². The van der Waals surface area contributed by atoms with Crippen LogP contribution in [0, 0.1) is 0 Å². The summed E-state index contributed by atoms with van der Waals surface area (Å²) < 4.78 is 12.0. The van der Waals surface area contributed by atoms with Crippen molar-refractivity contribution < 1.29 is 14.3 Å². The number of hydrogen-bond donors (Lipinski definition) is 1. The van der Waals surface area contributed by atoms with Crippen molar-refractivity contribution in [1.29, 1.82) is 0 Å². The molecule has 0 saturated carbocycles. The molecule has 1 amide bonds. The number of amides is 1. The van der Waals surface area contributed by atoms with E-state index in [0.29, 0.717) is 41.8 Å². The second-order valence-corrected chi connectivity index (χ2v) is 7.25. The highest BCUT2D eigenvalue weighted by Gasteiger charge is 2.18. The lowest BCUT2D eigenvalue weighted by Crippen LogP contribution is -2.43. The first-order valence-corrected chi connectivity index (χ1v) is 9.23.